The summed E-state index contributed by atoms with van der Waals surface area (Å²) < 4.78 is 4.06. The topological polar surface area (TPSA) is 114 Å². The van der Waals surface area contributed by atoms with E-state index in [-0.39, 0.29) is 25.4 Å². The second-order valence-corrected chi connectivity index (χ2v) is 6.89. The molecule has 0 bridgehead atoms. The van der Waals surface area contributed by atoms with Crippen molar-refractivity contribution in [3.63, 3.8) is 0 Å². The van der Waals surface area contributed by atoms with Gasteiger partial charge in [-0.15, -0.1) is 0 Å². The molecule has 0 spiro atoms. The number of halogens is 1. The molecule has 0 amide bonds. The summed E-state index contributed by atoms with van der Waals surface area (Å²) >= 11 is 6.01. The van der Waals surface area contributed by atoms with Crippen LogP contribution in [0, 0.1) is 0 Å². The predicted octanol–water partition coefficient (Wildman–Crippen LogP) is 0.422. The quantitative estimate of drug-likeness (QED) is 0.489. The van der Waals surface area contributed by atoms with Crippen molar-refractivity contribution in [1.29, 1.82) is 0 Å². The molecule has 0 radical (unpaired) electrons. The Morgan fingerprint density at radius 3 is 2.61 bits per heavy atom. The minimum atomic E-state index is -0.488. The van der Waals surface area contributed by atoms with Gasteiger partial charge in [0.05, 0.1) is 13.2 Å². The second-order valence-electron chi connectivity index (χ2n) is 6.49. The average Bonchev–Trinajstić information content (AvgIpc) is 3.01. The summed E-state index contributed by atoms with van der Waals surface area (Å²) in [5.41, 5.74) is 0.843. The van der Waals surface area contributed by atoms with Gasteiger partial charge in [0.25, 0.3) is 5.56 Å². The first-order chi connectivity index (χ1) is 13.4. The third-order valence-corrected chi connectivity index (χ3v) is 4.97. The predicted molar refractivity (Wildman–Crippen MR) is 107 cm³/mol. The number of aliphatic hydroxyl groups excluding tert-OH is 2. The number of aromatic nitrogens is 4. The lowest BCUT2D eigenvalue weighted by Crippen LogP contribution is -2.39. The zero-order valence-corrected chi connectivity index (χ0v) is 16.4. The number of fused-ring (bicyclic) bond motifs is 1. The van der Waals surface area contributed by atoms with Crippen LogP contribution in [0.1, 0.15) is 17.5 Å². The maximum atomic E-state index is 13.0. The van der Waals surface area contributed by atoms with E-state index in [9.17, 15) is 14.7 Å². The molecule has 1 aromatic carbocycles. The van der Waals surface area contributed by atoms with Gasteiger partial charge in [0, 0.05) is 32.3 Å². The summed E-state index contributed by atoms with van der Waals surface area (Å²) in [5, 5.41) is 21.8. The summed E-state index contributed by atoms with van der Waals surface area (Å²) in [5.74, 6) is 0.447. The first-order valence-electron chi connectivity index (χ1n) is 8.78. The highest BCUT2D eigenvalue weighted by Crippen LogP contribution is 2.18. The Balaban J connectivity index is 2.10. The number of nitrogens with zero attached hydrogens (tertiary/aromatic N) is 4. The monoisotopic (exact) mass is 407 g/mol. The Labute approximate surface area is 165 Å². The van der Waals surface area contributed by atoms with E-state index < -0.39 is 11.2 Å². The number of aryl methyl sites for hydroxylation is 2. The molecule has 0 aliphatic carbocycles. The normalized spacial score (nSPS) is 11.3. The molecule has 0 aliphatic rings. The molecule has 10 heteroatoms. The molecular weight excluding hydrogens is 386 g/mol. The molecule has 28 heavy (non-hydrogen) atoms. The molecule has 2 heterocycles. The van der Waals surface area contributed by atoms with Crippen molar-refractivity contribution < 1.29 is 10.2 Å². The smallest absolute Gasteiger partial charge is 0.332 e. The summed E-state index contributed by atoms with van der Waals surface area (Å²) in [4.78, 5) is 30.2. The highest BCUT2D eigenvalue weighted by atomic mass is 35.5. The van der Waals surface area contributed by atoms with Crippen LogP contribution in [-0.2, 0) is 27.2 Å². The van der Waals surface area contributed by atoms with E-state index in [1.807, 2.05) is 0 Å². The molecule has 2 aromatic heterocycles. The van der Waals surface area contributed by atoms with Crippen LogP contribution in [0.15, 0.2) is 27.8 Å². The third kappa shape index (κ3) is 3.56. The van der Waals surface area contributed by atoms with Gasteiger partial charge in [0.15, 0.2) is 11.2 Å². The molecule has 3 aromatic rings. The van der Waals surface area contributed by atoms with Gasteiger partial charge < -0.3 is 20.1 Å². The Bertz CT molecular complexity index is 1130. The SMILES string of the molecule is Cn1c(NCCCO)nc2c1c(=O)n(Cc1ccc(Cl)c(CO)c1)c(=O)n2C. The zero-order valence-electron chi connectivity index (χ0n) is 15.6. The van der Waals surface area contributed by atoms with Gasteiger partial charge in [-0.1, -0.05) is 23.7 Å². The van der Waals surface area contributed by atoms with E-state index in [1.54, 1.807) is 36.9 Å². The van der Waals surface area contributed by atoms with Crippen molar-refractivity contribution in [3.8, 4) is 0 Å². The van der Waals surface area contributed by atoms with Crippen molar-refractivity contribution in [3.05, 3.63) is 55.2 Å². The number of hydrogen-bond acceptors (Lipinski definition) is 6. The van der Waals surface area contributed by atoms with Crippen LogP contribution in [0.5, 0.6) is 0 Å². The zero-order chi connectivity index (χ0) is 20.4. The van der Waals surface area contributed by atoms with Crippen LogP contribution in [0.4, 0.5) is 5.95 Å². The van der Waals surface area contributed by atoms with Gasteiger partial charge in [0.2, 0.25) is 5.95 Å². The van der Waals surface area contributed by atoms with E-state index in [0.29, 0.717) is 40.6 Å². The van der Waals surface area contributed by atoms with Crippen molar-refractivity contribution in [1.82, 2.24) is 18.7 Å². The summed E-state index contributed by atoms with van der Waals surface area (Å²) in [6.07, 6.45) is 0.538. The van der Waals surface area contributed by atoms with Gasteiger partial charge in [-0.3, -0.25) is 13.9 Å². The minimum absolute atomic E-state index is 0.0408. The largest absolute Gasteiger partial charge is 0.396 e. The van der Waals surface area contributed by atoms with Crippen LogP contribution in [0.2, 0.25) is 5.02 Å². The molecule has 0 aliphatic heterocycles. The highest BCUT2D eigenvalue weighted by Gasteiger charge is 2.18. The van der Waals surface area contributed by atoms with E-state index in [4.69, 9.17) is 16.7 Å². The molecular formula is C18H22ClN5O4. The fourth-order valence-electron chi connectivity index (χ4n) is 3.05. The van der Waals surface area contributed by atoms with Gasteiger partial charge in [0.1, 0.15) is 0 Å². The summed E-state index contributed by atoms with van der Waals surface area (Å²) in [6, 6.07) is 5.01. The van der Waals surface area contributed by atoms with Crippen LogP contribution < -0.4 is 16.6 Å². The molecule has 0 saturated heterocycles. The van der Waals surface area contributed by atoms with Crippen LogP contribution in [-0.4, -0.2) is 42.0 Å². The lowest BCUT2D eigenvalue weighted by atomic mass is 10.1. The van der Waals surface area contributed by atoms with Crippen molar-refractivity contribution >= 4 is 28.7 Å². The molecule has 0 unspecified atom stereocenters. The van der Waals surface area contributed by atoms with E-state index >= 15 is 0 Å². The van der Waals surface area contributed by atoms with E-state index in [0.717, 1.165) is 4.57 Å². The maximum Gasteiger partial charge on any atom is 0.332 e. The number of rotatable bonds is 7. The molecule has 0 saturated carbocycles. The standard InChI is InChI=1S/C18H22ClN5O4/c1-22-14-15(21-17(22)20-6-3-7-25)23(2)18(28)24(16(14)27)9-11-4-5-13(19)12(8-11)10-26/h4-5,8,25-26H,3,6-7,9-10H2,1-2H3,(H,20,21). The van der Waals surface area contributed by atoms with E-state index in [2.05, 4.69) is 10.3 Å². The molecule has 3 N–H and O–H groups in total. The fraction of sp³-hybridized carbons (Fsp3) is 0.389. The van der Waals surface area contributed by atoms with E-state index in [1.165, 1.54) is 4.57 Å². The summed E-state index contributed by atoms with van der Waals surface area (Å²) in [7, 11) is 3.26. The second kappa shape index (κ2) is 8.17. The molecule has 150 valence electrons. The molecule has 3 rings (SSSR count). The Morgan fingerprint density at radius 1 is 1.18 bits per heavy atom. The maximum absolute atomic E-state index is 13.0. The fourth-order valence-corrected chi connectivity index (χ4v) is 3.23. The Morgan fingerprint density at radius 2 is 1.93 bits per heavy atom. The Hall–Kier alpha value is -2.62. The van der Waals surface area contributed by atoms with Crippen LogP contribution in [0.25, 0.3) is 11.2 Å². The number of hydrogen-bond donors (Lipinski definition) is 3. The van der Waals surface area contributed by atoms with Crippen LogP contribution >= 0.6 is 11.6 Å². The van der Waals surface area contributed by atoms with Crippen molar-refractivity contribution in [2.75, 3.05) is 18.5 Å². The molecule has 0 fully saturated rings. The van der Waals surface area contributed by atoms with Crippen molar-refractivity contribution in [2.45, 2.75) is 19.6 Å². The van der Waals surface area contributed by atoms with Gasteiger partial charge >= 0.3 is 5.69 Å². The number of aliphatic hydroxyl groups is 2. The Kier molecular flexibility index (Phi) is 5.87. The molecule has 0 atom stereocenters. The minimum Gasteiger partial charge on any atom is -0.396 e. The number of benzene rings is 1. The lowest BCUT2D eigenvalue weighted by molar-refractivity contribution is 0.282. The first-order valence-corrected chi connectivity index (χ1v) is 9.16. The van der Waals surface area contributed by atoms with Gasteiger partial charge in [-0.25, -0.2) is 4.79 Å². The number of nitrogens with one attached hydrogen (secondary N) is 1. The summed E-state index contributed by atoms with van der Waals surface area (Å²) in [6.45, 7) is 0.344. The average molecular weight is 408 g/mol. The lowest BCUT2D eigenvalue weighted by Gasteiger charge is -2.10. The van der Waals surface area contributed by atoms with Gasteiger partial charge in [-0.05, 0) is 23.6 Å². The van der Waals surface area contributed by atoms with Gasteiger partial charge in [-0.2, -0.15) is 4.98 Å². The number of imidazole rings is 1. The number of anilines is 1. The first kappa shape index (κ1) is 20.1. The molecule has 9 nitrogen and oxygen atoms in total. The van der Waals surface area contributed by atoms with Crippen LogP contribution in [0.3, 0.4) is 0 Å². The third-order valence-electron chi connectivity index (χ3n) is 4.60. The van der Waals surface area contributed by atoms with Crippen molar-refractivity contribution in [2.24, 2.45) is 14.1 Å². The highest BCUT2D eigenvalue weighted by molar-refractivity contribution is 6.31.